The molecule has 28 nitrogen and oxygen atoms in total. The second kappa shape index (κ2) is 39.1. The lowest BCUT2D eigenvalue weighted by Gasteiger charge is -2.19. The monoisotopic (exact) mass is 1810 g/mol. The molecule has 5 aromatic carbocycles. The maximum Gasteiger partial charge on any atom is 0.163 e. The van der Waals surface area contributed by atoms with Crippen molar-refractivity contribution in [1.29, 1.82) is 26.3 Å². The third-order valence-corrected chi connectivity index (χ3v) is 22.4. The van der Waals surface area contributed by atoms with Crippen LogP contribution in [0.4, 0.5) is 40.1 Å². The van der Waals surface area contributed by atoms with E-state index in [0.717, 1.165) is 60.6 Å². The highest BCUT2D eigenvalue weighted by atomic mass is 79.9. The van der Waals surface area contributed by atoms with Crippen LogP contribution in [0.1, 0.15) is 61.6 Å². The zero-order chi connectivity index (χ0) is 88.0. The molecule has 616 valence electrons. The number of fused-ring (bicyclic) bond motifs is 5. The van der Waals surface area contributed by atoms with Crippen LogP contribution < -0.4 is 56.1 Å². The molecule has 13 heterocycles. The number of anilines is 7. The number of benzene rings is 5. The summed E-state index contributed by atoms with van der Waals surface area (Å²) >= 11 is 35.4. The van der Waals surface area contributed by atoms with Gasteiger partial charge in [-0.25, -0.2) is 24.9 Å². The van der Waals surface area contributed by atoms with E-state index in [-0.39, 0.29) is 25.2 Å². The van der Waals surface area contributed by atoms with Crippen molar-refractivity contribution in [1.82, 2.24) is 61.9 Å². The number of nitrogens with zero attached hydrogens (tertiary/aromatic N) is 18. The standard InChI is InChI=1S/C21H16BrClN6.C21H17ClN6.C20H15ClN6.C15H12ClN5.C14H10ClN5/c22-18-12-28-21-20(27-11-13-4-3-7-26-10-13)15(8-24)19(17(9-25)29(18)21)14-5-1-2-6-16(14)23;22-17-6-2-1-5-15(17)19-16(10-23)20(27-13-14-4-3-7-25-12-14)21-26-8-9-28(21)18(19)11-24;21-16-6-2-1-5-14(16)17-15(10-22)18(20-25-8-9-27(20)19(17)23)26-12-13-4-3-7-24-11-13;16-11-4-2-1-3-9(11)13-10(7-17)14(19)15-20-5-6-21(15)12(13)8-18;15-10-4-2-1-3-8(10)11-9(7-16)12(17)14-19-5-6-20(14)13(11)18/h1-7,10,12,27H,9,11,25H2;1-9,12,27H,11,13,24H2;1-9,11,26H,12,23H2;1-6H,8,18-19H2;1-6H,17-18H2. The Balaban J connectivity index is 0.000000128. The Hall–Kier alpha value is -15.1. The average Bonchev–Trinajstić information content (AvgIpc) is 1.69. The van der Waals surface area contributed by atoms with Crippen LogP contribution in [0.3, 0.4) is 0 Å². The zero-order valence-corrected chi connectivity index (χ0v) is 71.1. The first kappa shape index (κ1) is 86.2. The lowest BCUT2D eigenvalue weighted by Crippen LogP contribution is -2.13. The molecule has 0 atom stereocenters. The van der Waals surface area contributed by atoms with Crippen LogP contribution >= 0.6 is 73.9 Å². The number of aromatic nitrogens is 13. The van der Waals surface area contributed by atoms with E-state index in [1.807, 2.05) is 136 Å². The van der Waals surface area contributed by atoms with Crippen molar-refractivity contribution >= 4 is 142 Å². The van der Waals surface area contributed by atoms with Crippen molar-refractivity contribution in [2.75, 3.05) is 38.9 Å². The van der Waals surface area contributed by atoms with E-state index < -0.39 is 0 Å². The van der Waals surface area contributed by atoms with Crippen molar-refractivity contribution in [3.05, 3.63) is 342 Å². The van der Waals surface area contributed by atoms with E-state index in [0.29, 0.717) is 169 Å². The van der Waals surface area contributed by atoms with Crippen molar-refractivity contribution in [2.24, 2.45) is 17.2 Å². The van der Waals surface area contributed by atoms with Gasteiger partial charge >= 0.3 is 0 Å². The summed E-state index contributed by atoms with van der Waals surface area (Å²) in [6.45, 7) is 2.19. The summed E-state index contributed by atoms with van der Waals surface area (Å²) in [4.78, 5) is 34.0. The molecule has 17 N–H and O–H groups in total. The summed E-state index contributed by atoms with van der Waals surface area (Å²) in [6.07, 6.45) is 25.8. The van der Waals surface area contributed by atoms with Crippen molar-refractivity contribution in [2.45, 2.75) is 39.3 Å². The van der Waals surface area contributed by atoms with Gasteiger partial charge in [0.1, 0.15) is 46.6 Å². The summed E-state index contributed by atoms with van der Waals surface area (Å²) in [6, 6.07) is 59.4. The molecule has 13 aromatic heterocycles. The summed E-state index contributed by atoms with van der Waals surface area (Å²) < 4.78 is 9.76. The molecule has 0 saturated heterocycles. The molecule has 0 unspecified atom stereocenters. The number of nitriles is 5. The maximum absolute atomic E-state index is 10.1. The lowest BCUT2D eigenvalue weighted by atomic mass is 9.96. The van der Waals surface area contributed by atoms with Crippen LogP contribution in [0.2, 0.25) is 25.1 Å². The maximum atomic E-state index is 10.1. The molecule has 18 aromatic rings. The first-order valence-electron chi connectivity index (χ1n) is 38.0. The molecule has 0 aliphatic rings. The fraction of sp³-hybridized carbons (Fsp3) is 0.0659. The minimum Gasteiger partial charge on any atom is -0.395 e. The van der Waals surface area contributed by atoms with Gasteiger partial charge in [0.15, 0.2) is 28.2 Å². The minimum absolute atomic E-state index is 0.212. The van der Waals surface area contributed by atoms with E-state index in [9.17, 15) is 26.3 Å². The van der Waals surface area contributed by atoms with Crippen molar-refractivity contribution in [3.8, 4) is 86.0 Å². The molecule has 0 radical (unpaired) electrons. The number of hydrogen-bond acceptors (Lipinski definition) is 23. The summed E-state index contributed by atoms with van der Waals surface area (Å²) in [5, 5.41) is 61.7. The number of hydrogen-bond donors (Lipinski definition) is 10. The first-order chi connectivity index (χ1) is 60.9. The Morgan fingerprint density at radius 2 is 0.608 bits per heavy atom. The van der Waals surface area contributed by atoms with Gasteiger partial charge in [-0.05, 0) is 81.2 Å². The Morgan fingerprint density at radius 1 is 0.320 bits per heavy atom. The Kier molecular flexibility index (Phi) is 27.0. The van der Waals surface area contributed by atoms with Crippen LogP contribution in [0.5, 0.6) is 0 Å². The highest BCUT2D eigenvalue weighted by molar-refractivity contribution is 9.10. The quantitative estimate of drug-likeness (QED) is 0.0405. The number of rotatable bonds is 17. The number of imidazole rings is 5. The third kappa shape index (κ3) is 17.3. The smallest absolute Gasteiger partial charge is 0.163 e. The Labute approximate surface area is 748 Å². The number of nitrogens with two attached hydrogens (primary N) is 7. The fourth-order valence-electron chi connectivity index (χ4n) is 14.5. The first-order valence-corrected chi connectivity index (χ1v) is 40.7. The predicted molar refractivity (Wildman–Crippen MR) is 495 cm³/mol. The van der Waals surface area contributed by atoms with E-state index in [1.54, 1.807) is 136 Å². The van der Waals surface area contributed by atoms with E-state index in [2.05, 4.69) is 102 Å². The molecule has 0 amide bonds. The molecule has 125 heavy (non-hydrogen) atoms. The summed E-state index contributed by atoms with van der Waals surface area (Å²) in [7, 11) is 0. The largest absolute Gasteiger partial charge is 0.395 e. The molecule has 0 aliphatic carbocycles. The normalized spacial score (nSPS) is 10.7. The molecule has 0 aliphatic heterocycles. The molecule has 0 spiro atoms. The van der Waals surface area contributed by atoms with Gasteiger partial charge in [-0.15, -0.1) is 0 Å². The SMILES string of the molecule is N#Cc1c(-c2ccccc2Cl)c(CN)n2c(Br)cnc2c1NCc1cccnc1.N#Cc1c(-c2ccccc2Cl)c(CN)n2ccnc2c1N.N#Cc1c(-c2ccccc2Cl)c(CN)n2ccnc2c1NCc1cccnc1.N#Cc1c(-c2ccccc2Cl)c(N)n2ccnc2c1N.N#Cc1c(-c2ccccc2Cl)c(N)n2ccnc2c1NCc1cccnc1. The van der Waals surface area contributed by atoms with E-state index in [4.69, 9.17) is 98.1 Å². The number of nitrogens with one attached hydrogen (secondary N) is 3. The second-order valence-electron chi connectivity index (χ2n) is 27.3. The van der Waals surface area contributed by atoms with Crippen LogP contribution in [0.15, 0.2) is 255 Å². The minimum atomic E-state index is 0.212. The molecule has 0 fully saturated rings. The number of halogens is 6. The average molecular weight is 1810 g/mol. The van der Waals surface area contributed by atoms with Gasteiger partial charge in [0.2, 0.25) is 0 Å². The number of nitrogen functional groups attached to an aromatic ring is 4. The van der Waals surface area contributed by atoms with Gasteiger partial charge in [0.25, 0.3) is 0 Å². The van der Waals surface area contributed by atoms with Gasteiger partial charge in [-0.1, -0.05) is 167 Å². The number of pyridine rings is 8. The topological polar surface area (TPSA) is 462 Å². The summed E-state index contributed by atoms with van der Waals surface area (Å²) in [5.41, 5.74) is 62.1. The van der Waals surface area contributed by atoms with Crippen LogP contribution in [-0.2, 0) is 39.3 Å². The van der Waals surface area contributed by atoms with Crippen LogP contribution in [-0.4, -0.2) is 61.9 Å². The van der Waals surface area contributed by atoms with Crippen LogP contribution in [0, 0.1) is 56.7 Å². The molecular formula is C91H70BrCl5N28. The Morgan fingerprint density at radius 3 is 0.968 bits per heavy atom. The van der Waals surface area contributed by atoms with Gasteiger partial charge in [0.05, 0.1) is 62.5 Å². The van der Waals surface area contributed by atoms with Gasteiger partial charge in [0, 0.05) is 224 Å². The van der Waals surface area contributed by atoms with Crippen LogP contribution in [0.25, 0.3) is 83.9 Å². The molecular weight excluding hydrogens is 1740 g/mol. The second-order valence-corrected chi connectivity index (χ2v) is 30.1. The van der Waals surface area contributed by atoms with Crippen molar-refractivity contribution in [3.63, 3.8) is 0 Å². The summed E-state index contributed by atoms with van der Waals surface area (Å²) in [5.74, 6) is 0.801. The highest BCUT2D eigenvalue weighted by Gasteiger charge is 2.29. The molecule has 0 saturated carbocycles. The zero-order valence-electron chi connectivity index (χ0n) is 65.8. The van der Waals surface area contributed by atoms with Gasteiger partial charge < -0.3 is 64.9 Å². The van der Waals surface area contributed by atoms with E-state index in [1.165, 1.54) is 0 Å². The lowest BCUT2D eigenvalue weighted by molar-refractivity contribution is 0.935. The molecule has 34 heteroatoms. The van der Waals surface area contributed by atoms with Crippen molar-refractivity contribution < 1.29 is 0 Å². The van der Waals surface area contributed by atoms with Gasteiger partial charge in [-0.2, -0.15) is 26.3 Å². The Bertz CT molecular complexity index is 7300. The molecule has 18 rings (SSSR count). The predicted octanol–water partition coefficient (Wildman–Crippen LogP) is 18.1. The molecule has 0 bridgehead atoms. The highest BCUT2D eigenvalue weighted by Crippen LogP contribution is 2.45. The van der Waals surface area contributed by atoms with E-state index >= 15 is 0 Å². The van der Waals surface area contributed by atoms with Gasteiger partial charge in [-0.3, -0.25) is 28.2 Å². The third-order valence-electron chi connectivity index (χ3n) is 20.2. The fourth-order valence-corrected chi connectivity index (χ4v) is 16.2.